The van der Waals surface area contributed by atoms with Crippen molar-refractivity contribution in [3.63, 3.8) is 0 Å². The van der Waals surface area contributed by atoms with Crippen LogP contribution in [0.1, 0.15) is 38.7 Å². The molecular weight excluding hydrogens is 251 g/mol. The van der Waals surface area contributed by atoms with E-state index in [1.54, 1.807) is 12.1 Å². The van der Waals surface area contributed by atoms with Crippen molar-refractivity contribution >= 4 is 0 Å². The predicted octanol–water partition coefficient (Wildman–Crippen LogP) is 3.18. The van der Waals surface area contributed by atoms with E-state index in [1.807, 2.05) is 12.1 Å². The summed E-state index contributed by atoms with van der Waals surface area (Å²) >= 11 is 0. The molecule has 1 aliphatic heterocycles. The van der Waals surface area contributed by atoms with Crippen LogP contribution in [0.25, 0.3) is 0 Å². The number of benzene rings is 1. The second kappa shape index (κ2) is 5.45. The molecule has 2 atom stereocenters. The van der Waals surface area contributed by atoms with Crippen molar-refractivity contribution in [2.24, 2.45) is 5.92 Å². The van der Waals surface area contributed by atoms with Gasteiger partial charge in [-0.2, -0.15) is 0 Å². The van der Waals surface area contributed by atoms with Crippen LogP contribution in [0.2, 0.25) is 0 Å². The molecule has 1 N–H and O–H groups in total. The molecule has 0 amide bonds. The van der Waals surface area contributed by atoms with Crippen molar-refractivity contribution in [3.05, 3.63) is 35.6 Å². The molecule has 1 aliphatic carbocycles. The van der Waals surface area contributed by atoms with Gasteiger partial charge in [0.1, 0.15) is 5.82 Å². The quantitative estimate of drug-likeness (QED) is 0.908. The molecule has 3 rings (SSSR count). The van der Waals surface area contributed by atoms with Crippen LogP contribution < -0.4 is 5.32 Å². The highest BCUT2D eigenvalue weighted by molar-refractivity contribution is 5.17. The summed E-state index contributed by atoms with van der Waals surface area (Å²) in [5, 5.41) is 3.70. The van der Waals surface area contributed by atoms with E-state index in [0.29, 0.717) is 6.04 Å². The predicted molar refractivity (Wildman–Crippen MR) is 80.0 cm³/mol. The number of halogens is 1. The maximum atomic E-state index is 13.0. The number of piperazine rings is 1. The van der Waals surface area contributed by atoms with Gasteiger partial charge in [0.05, 0.1) is 0 Å². The third-order valence-corrected chi connectivity index (χ3v) is 5.15. The zero-order chi connectivity index (χ0) is 14.2. The molecule has 0 radical (unpaired) electrons. The largest absolute Gasteiger partial charge is 0.311 e. The van der Waals surface area contributed by atoms with E-state index in [-0.39, 0.29) is 11.4 Å². The topological polar surface area (TPSA) is 15.3 Å². The summed E-state index contributed by atoms with van der Waals surface area (Å²) in [5.74, 6) is 0.679. The minimum Gasteiger partial charge on any atom is -0.311 e. The van der Waals surface area contributed by atoms with Crippen LogP contribution in [0.3, 0.4) is 0 Å². The van der Waals surface area contributed by atoms with Crippen LogP contribution in [0.4, 0.5) is 4.39 Å². The van der Waals surface area contributed by atoms with Crippen LogP contribution in [0.15, 0.2) is 24.3 Å². The molecule has 1 saturated carbocycles. The molecule has 0 spiro atoms. The zero-order valence-corrected chi connectivity index (χ0v) is 12.5. The number of hydrogen-bond donors (Lipinski definition) is 1. The summed E-state index contributed by atoms with van der Waals surface area (Å²) in [6.45, 7) is 7.75. The number of nitrogens with zero attached hydrogens (tertiary/aromatic N) is 1. The molecule has 1 saturated heterocycles. The van der Waals surface area contributed by atoms with Gasteiger partial charge in [0.15, 0.2) is 0 Å². The van der Waals surface area contributed by atoms with Gasteiger partial charge in [-0.05, 0) is 49.8 Å². The maximum Gasteiger partial charge on any atom is 0.123 e. The van der Waals surface area contributed by atoms with E-state index in [1.165, 1.54) is 24.8 Å². The standard InChI is InChI=1S/C17H25FN2/c1-3-16-11-20(10-13-4-8-15(18)9-5-13)17(2,12-19-16)14-6-7-14/h4-5,8-9,14,16,19H,3,6-7,10-12H2,1-2H3. The smallest absolute Gasteiger partial charge is 0.123 e. The molecule has 110 valence electrons. The van der Waals surface area contributed by atoms with Crippen molar-refractivity contribution in [3.8, 4) is 0 Å². The van der Waals surface area contributed by atoms with Crippen LogP contribution in [-0.2, 0) is 6.54 Å². The lowest BCUT2D eigenvalue weighted by Gasteiger charge is -2.48. The summed E-state index contributed by atoms with van der Waals surface area (Å²) in [6.07, 6.45) is 3.88. The van der Waals surface area contributed by atoms with E-state index in [2.05, 4.69) is 24.1 Å². The van der Waals surface area contributed by atoms with Crippen LogP contribution >= 0.6 is 0 Å². The van der Waals surface area contributed by atoms with Crippen molar-refractivity contribution in [1.29, 1.82) is 0 Å². The molecule has 20 heavy (non-hydrogen) atoms. The molecule has 0 bridgehead atoms. The SMILES string of the molecule is CCC1CN(Cc2ccc(F)cc2)C(C)(C2CC2)CN1. The van der Waals surface area contributed by atoms with Crippen LogP contribution in [0, 0.1) is 11.7 Å². The molecule has 1 aromatic rings. The molecule has 2 aliphatic rings. The Morgan fingerprint density at radius 3 is 2.60 bits per heavy atom. The Labute approximate surface area is 121 Å². The van der Waals surface area contributed by atoms with Gasteiger partial charge < -0.3 is 5.32 Å². The molecule has 3 heteroatoms. The number of rotatable bonds is 4. The molecule has 2 fully saturated rings. The van der Waals surface area contributed by atoms with E-state index in [4.69, 9.17) is 0 Å². The van der Waals surface area contributed by atoms with Crippen molar-refractivity contribution in [2.45, 2.75) is 51.2 Å². The van der Waals surface area contributed by atoms with Crippen molar-refractivity contribution in [2.75, 3.05) is 13.1 Å². The minimum atomic E-state index is -0.148. The third-order valence-electron chi connectivity index (χ3n) is 5.15. The molecular formula is C17H25FN2. The first-order chi connectivity index (χ1) is 9.61. The summed E-state index contributed by atoms with van der Waals surface area (Å²) in [5.41, 5.74) is 1.48. The normalized spacial score (nSPS) is 31.4. The lowest BCUT2D eigenvalue weighted by molar-refractivity contribution is 0.0270. The van der Waals surface area contributed by atoms with Crippen LogP contribution in [0.5, 0.6) is 0 Å². The summed E-state index contributed by atoms with van der Waals surface area (Å²) < 4.78 is 13.0. The molecule has 1 aromatic carbocycles. The maximum absolute atomic E-state index is 13.0. The summed E-state index contributed by atoms with van der Waals surface area (Å²) in [4.78, 5) is 2.63. The van der Waals surface area contributed by atoms with E-state index in [0.717, 1.165) is 25.6 Å². The van der Waals surface area contributed by atoms with Gasteiger partial charge >= 0.3 is 0 Å². The van der Waals surface area contributed by atoms with Gasteiger partial charge in [-0.1, -0.05) is 19.1 Å². The fourth-order valence-electron chi connectivity index (χ4n) is 3.44. The van der Waals surface area contributed by atoms with Crippen molar-refractivity contribution in [1.82, 2.24) is 10.2 Å². The highest BCUT2D eigenvalue weighted by Crippen LogP contribution is 2.44. The second-order valence-corrected chi connectivity index (χ2v) is 6.62. The van der Waals surface area contributed by atoms with Crippen molar-refractivity contribution < 1.29 is 4.39 Å². The summed E-state index contributed by atoms with van der Waals surface area (Å²) in [6, 6.07) is 7.58. The number of hydrogen-bond acceptors (Lipinski definition) is 2. The first-order valence-corrected chi connectivity index (χ1v) is 7.84. The Kier molecular flexibility index (Phi) is 3.83. The summed E-state index contributed by atoms with van der Waals surface area (Å²) in [7, 11) is 0. The second-order valence-electron chi connectivity index (χ2n) is 6.62. The average Bonchev–Trinajstić information content (AvgIpc) is 3.28. The Morgan fingerprint density at radius 2 is 2.00 bits per heavy atom. The Hall–Kier alpha value is -0.930. The van der Waals surface area contributed by atoms with E-state index >= 15 is 0 Å². The molecule has 0 aromatic heterocycles. The van der Waals surface area contributed by atoms with Gasteiger partial charge in [0.25, 0.3) is 0 Å². The van der Waals surface area contributed by atoms with Gasteiger partial charge in [-0.3, -0.25) is 4.90 Å². The van der Waals surface area contributed by atoms with Gasteiger partial charge in [-0.15, -0.1) is 0 Å². The monoisotopic (exact) mass is 276 g/mol. The fraction of sp³-hybridized carbons (Fsp3) is 0.647. The third kappa shape index (κ3) is 2.75. The highest BCUT2D eigenvalue weighted by Gasteiger charge is 2.47. The van der Waals surface area contributed by atoms with Gasteiger partial charge in [0.2, 0.25) is 0 Å². The molecule has 2 unspecified atom stereocenters. The minimum absolute atomic E-state index is 0.148. The molecule has 1 heterocycles. The lowest BCUT2D eigenvalue weighted by Crippen LogP contribution is -2.63. The Bertz CT molecular complexity index is 455. The average molecular weight is 276 g/mol. The van der Waals surface area contributed by atoms with Gasteiger partial charge in [-0.25, -0.2) is 4.39 Å². The zero-order valence-electron chi connectivity index (χ0n) is 12.5. The lowest BCUT2D eigenvalue weighted by atomic mass is 9.88. The first kappa shape index (κ1) is 14.0. The Morgan fingerprint density at radius 1 is 1.30 bits per heavy atom. The fourth-order valence-corrected chi connectivity index (χ4v) is 3.44. The van der Waals surface area contributed by atoms with E-state index < -0.39 is 0 Å². The van der Waals surface area contributed by atoms with Crippen LogP contribution in [-0.4, -0.2) is 29.6 Å². The van der Waals surface area contributed by atoms with E-state index in [9.17, 15) is 4.39 Å². The Balaban J connectivity index is 1.76. The highest BCUT2D eigenvalue weighted by atomic mass is 19.1. The van der Waals surface area contributed by atoms with Gasteiger partial charge in [0, 0.05) is 31.2 Å². The first-order valence-electron chi connectivity index (χ1n) is 7.84. The number of nitrogens with one attached hydrogen (secondary N) is 1. The molecule has 2 nitrogen and oxygen atoms in total.